The van der Waals surface area contributed by atoms with E-state index in [0.29, 0.717) is 41.5 Å². The minimum Gasteiger partial charge on any atom is -0.475 e. The molecule has 43 heavy (non-hydrogen) atoms. The van der Waals surface area contributed by atoms with E-state index >= 15 is 0 Å². The van der Waals surface area contributed by atoms with Crippen LogP contribution in [0.3, 0.4) is 0 Å². The van der Waals surface area contributed by atoms with E-state index in [9.17, 15) is 27.6 Å². The van der Waals surface area contributed by atoms with Gasteiger partial charge in [-0.2, -0.15) is 13.2 Å². The van der Waals surface area contributed by atoms with Crippen LogP contribution in [-0.4, -0.2) is 64.4 Å². The summed E-state index contributed by atoms with van der Waals surface area (Å²) in [6.07, 6.45) is -1.13. The number of nitrogens with zero attached hydrogens (tertiary/aromatic N) is 3. The van der Waals surface area contributed by atoms with Crippen LogP contribution in [0.15, 0.2) is 78.9 Å². The molecule has 2 aliphatic rings. The molecule has 0 saturated carbocycles. The highest BCUT2D eigenvalue weighted by Gasteiger charge is 2.38. The number of carbonyl (C=O) groups excluding carboxylic acids is 3. The molecule has 0 spiro atoms. The number of carboxylic acid groups (broad SMARTS) is 1. The first-order chi connectivity index (χ1) is 20.3. The minimum atomic E-state index is -5.08. The van der Waals surface area contributed by atoms with Gasteiger partial charge in [0.2, 0.25) is 5.91 Å². The van der Waals surface area contributed by atoms with Crippen LogP contribution in [0.2, 0.25) is 5.02 Å². The van der Waals surface area contributed by atoms with E-state index in [1.165, 1.54) is 11.0 Å². The molecule has 0 saturated heterocycles. The first-order valence-electron chi connectivity index (χ1n) is 12.9. The highest BCUT2D eigenvalue weighted by Crippen LogP contribution is 2.29. The van der Waals surface area contributed by atoms with Gasteiger partial charge in [0.05, 0.1) is 17.3 Å². The third-order valence-electron chi connectivity index (χ3n) is 6.69. The van der Waals surface area contributed by atoms with E-state index < -0.39 is 12.1 Å². The van der Waals surface area contributed by atoms with Crippen molar-refractivity contribution >= 4 is 46.7 Å². The van der Waals surface area contributed by atoms with Crippen LogP contribution in [-0.2, 0) is 22.7 Å². The Morgan fingerprint density at radius 3 is 2.05 bits per heavy atom. The van der Waals surface area contributed by atoms with E-state index in [1.54, 1.807) is 34.1 Å². The maximum Gasteiger partial charge on any atom is 0.490 e. The van der Waals surface area contributed by atoms with Gasteiger partial charge in [0.1, 0.15) is 6.54 Å². The molecule has 0 radical (unpaired) electrons. The summed E-state index contributed by atoms with van der Waals surface area (Å²) < 4.78 is 31.7. The number of carbonyl (C=O) groups is 4. The van der Waals surface area contributed by atoms with Crippen molar-refractivity contribution in [2.24, 2.45) is 0 Å². The molecular formula is C30H26ClF3N4O5. The third-order valence-corrected chi connectivity index (χ3v) is 7.03. The predicted octanol–water partition coefficient (Wildman–Crippen LogP) is 4.76. The van der Waals surface area contributed by atoms with Gasteiger partial charge >= 0.3 is 12.1 Å². The normalized spacial score (nSPS) is 14.5. The van der Waals surface area contributed by atoms with Crippen molar-refractivity contribution in [2.75, 3.05) is 30.3 Å². The zero-order chi connectivity index (χ0) is 31.3. The maximum atomic E-state index is 13.4. The smallest absolute Gasteiger partial charge is 0.475 e. The van der Waals surface area contributed by atoms with Crippen LogP contribution < -0.4 is 10.6 Å². The fourth-order valence-corrected chi connectivity index (χ4v) is 4.61. The molecule has 3 amide bonds. The van der Waals surface area contributed by atoms with Gasteiger partial charge in [-0.15, -0.1) is 0 Å². The van der Waals surface area contributed by atoms with Crippen LogP contribution >= 0.6 is 11.6 Å². The standard InChI is InChI=1S/C28H25ClN4O3.C2HF3O2/c29-23-12-11-21(15-24(23)30)28(36)32-17-22-5-1-2-6-25(22)33(26(34)18-32)16-19-7-9-20(10-8-19)27(35)31-13-3-4-14-31;3-2(4,5)1(6)7/h1-12,15H,13-14,16-18,30H2;(H,6,7). The van der Waals surface area contributed by atoms with Crippen molar-refractivity contribution in [3.63, 3.8) is 0 Å². The Kier molecular flexibility index (Phi) is 9.40. The fraction of sp³-hybridized carbons (Fsp3) is 0.200. The van der Waals surface area contributed by atoms with E-state index in [4.69, 9.17) is 27.2 Å². The number of halogens is 4. The predicted molar refractivity (Wildman–Crippen MR) is 153 cm³/mol. The zero-order valence-electron chi connectivity index (χ0n) is 22.6. The van der Waals surface area contributed by atoms with Gasteiger partial charge in [-0.05, 0) is 47.5 Å². The Hall–Kier alpha value is -4.84. The first-order valence-corrected chi connectivity index (χ1v) is 13.3. The molecule has 2 aliphatic heterocycles. The lowest BCUT2D eigenvalue weighted by Gasteiger charge is -2.23. The topological polar surface area (TPSA) is 124 Å². The molecule has 0 aromatic heterocycles. The molecular weight excluding hydrogens is 589 g/mol. The highest BCUT2D eigenvalue weighted by atomic mass is 35.5. The number of alkyl halides is 3. The molecule has 2 heterocycles. The summed E-state index contributed by atoms with van der Waals surface area (Å²) in [5, 5.41) is 7.50. The number of aliphatic carboxylic acids is 1. The second-order valence-electron chi connectivity index (χ2n) is 9.69. The average Bonchev–Trinajstić information content (AvgIpc) is 3.47. The highest BCUT2D eigenvalue weighted by molar-refractivity contribution is 6.33. The Morgan fingerprint density at radius 1 is 0.860 bits per heavy atom. The Bertz CT molecular complexity index is 1570. The molecule has 0 fully saturated rings. The summed E-state index contributed by atoms with van der Waals surface area (Å²) in [5.41, 5.74) is 9.71. The monoisotopic (exact) mass is 614 g/mol. The molecule has 3 aromatic rings. The van der Waals surface area contributed by atoms with Crippen LogP contribution in [0.25, 0.3) is 0 Å². The summed E-state index contributed by atoms with van der Waals surface area (Å²) in [7, 11) is 0. The third kappa shape index (κ3) is 7.52. The van der Waals surface area contributed by atoms with Gasteiger partial charge < -0.3 is 25.5 Å². The summed E-state index contributed by atoms with van der Waals surface area (Å²) in [4.78, 5) is 53.2. The van der Waals surface area contributed by atoms with Gasteiger partial charge in [-0.1, -0.05) is 54.1 Å². The molecule has 9 nitrogen and oxygen atoms in total. The van der Waals surface area contributed by atoms with E-state index in [1.807, 2.05) is 48.6 Å². The van der Waals surface area contributed by atoms with E-state index in [-0.39, 0.29) is 30.8 Å². The minimum absolute atomic E-state index is 0.0141. The van der Waals surface area contributed by atoms with E-state index in [0.717, 1.165) is 16.8 Å². The van der Waals surface area contributed by atoms with Crippen LogP contribution in [0.5, 0.6) is 0 Å². The van der Waals surface area contributed by atoms with Crippen molar-refractivity contribution < 1.29 is 37.5 Å². The summed E-state index contributed by atoms with van der Waals surface area (Å²) >= 11 is 6.01. The SMILES string of the molecule is Nc1cc(C(=O)N2CC(=O)N(Cc3ccc(C(=O)N4CC=CC4)cc3)c3ccccc3C2)ccc1Cl.O=C(O)C(F)(F)F. The van der Waals surface area contributed by atoms with Crippen LogP contribution in [0.1, 0.15) is 31.8 Å². The number of amides is 3. The Morgan fingerprint density at radius 2 is 1.44 bits per heavy atom. The number of nitrogens with two attached hydrogens (primary N) is 1. The molecule has 3 N–H and O–H groups in total. The van der Waals surface area contributed by atoms with Crippen molar-refractivity contribution in [3.05, 3.63) is 106 Å². The number of anilines is 2. The first kappa shape index (κ1) is 31.1. The van der Waals surface area contributed by atoms with E-state index in [2.05, 4.69) is 0 Å². The number of benzene rings is 3. The van der Waals surface area contributed by atoms with Gasteiger partial charge in [0.25, 0.3) is 11.8 Å². The molecule has 3 aromatic carbocycles. The van der Waals surface area contributed by atoms with Gasteiger partial charge in [-0.3, -0.25) is 14.4 Å². The quantitative estimate of drug-likeness (QED) is 0.323. The molecule has 0 atom stereocenters. The van der Waals surface area contributed by atoms with Crippen molar-refractivity contribution in [1.29, 1.82) is 0 Å². The number of fused-ring (bicyclic) bond motifs is 1. The largest absolute Gasteiger partial charge is 0.490 e. The second kappa shape index (κ2) is 13.0. The maximum absolute atomic E-state index is 13.4. The van der Waals surface area contributed by atoms with Crippen molar-refractivity contribution in [1.82, 2.24) is 9.80 Å². The Labute approximate surface area is 249 Å². The van der Waals surface area contributed by atoms with Gasteiger partial charge in [0, 0.05) is 36.4 Å². The number of hydrogen-bond donors (Lipinski definition) is 2. The van der Waals surface area contributed by atoms with Crippen LogP contribution in [0.4, 0.5) is 24.5 Å². The van der Waals surface area contributed by atoms with Gasteiger partial charge in [-0.25, -0.2) is 4.79 Å². The summed E-state index contributed by atoms with van der Waals surface area (Å²) in [6.45, 7) is 1.78. The zero-order valence-corrected chi connectivity index (χ0v) is 23.3. The lowest BCUT2D eigenvalue weighted by atomic mass is 10.1. The molecule has 5 rings (SSSR count). The van der Waals surface area contributed by atoms with Crippen molar-refractivity contribution in [3.8, 4) is 0 Å². The number of hydrogen-bond acceptors (Lipinski definition) is 5. The van der Waals surface area contributed by atoms with Crippen LogP contribution in [0, 0.1) is 0 Å². The summed E-state index contributed by atoms with van der Waals surface area (Å²) in [5.74, 6) is -3.26. The van der Waals surface area contributed by atoms with Crippen molar-refractivity contribution in [2.45, 2.75) is 19.3 Å². The lowest BCUT2D eigenvalue weighted by molar-refractivity contribution is -0.192. The second-order valence-corrected chi connectivity index (χ2v) is 10.1. The fourth-order valence-electron chi connectivity index (χ4n) is 4.49. The lowest BCUT2D eigenvalue weighted by Crippen LogP contribution is -2.39. The number of nitrogen functional groups attached to an aromatic ring is 1. The molecule has 13 heteroatoms. The molecule has 0 bridgehead atoms. The summed E-state index contributed by atoms with van der Waals surface area (Å²) in [6, 6.07) is 19.6. The van der Waals surface area contributed by atoms with Gasteiger partial charge in [0.15, 0.2) is 0 Å². The number of carboxylic acids is 1. The Balaban J connectivity index is 0.000000541. The molecule has 224 valence electrons. The molecule has 0 aliphatic carbocycles. The molecule has 0 unspecified atom stereocenters. The number of para-hydroxylation sites is 1. The number of rotatable bonds is 4. The average molecular weight is 615 g/mol.